The van der Waals surface area contributed by atoms with E-state index in [1.807, 2.05) is 0 Å². The van der Waals surface area contributed by atoms with Crippen molar-refractivity contribution in [3.8, 4) is 0 Å². The molecule has 0 amide bonds. The van der Waals surface area contributed by atoms with E-state index in [2.05, 4.69) is 12.2 Å². The summed E-state index contributed by atoms with van der Waals surface area (Å²) in [5, 5.41) is 3.62. The predicted octanol–water partition coefficient (Wildman–Crippen LogP) is 2.62. The molecule has 0 radical (unpaired) electrons. The molecule has 2 fully saturated rings. The third-order valence-electron chi connectivity index (χ3n) is 5.19. The molecule has 2 rings (SSSR count). The maximum absolute atomic E-state index is 11.6. The van der Waals surface area contributed by atoms with Gasteiger partial charge in [0.15, 0.2) is 0 Å². The Morgan fingerprint density at radius 2 is 2.00 bits per heavy atom. The number of hydrogen-bond acceptors (Lipinski definition) is 3. The van der Waals surface area contributed by atoms with Gasteiger partial charge in [-0.3, -0.25) is 0 Å². The van der Waals surface area contributed by atoms with E-state index < -0.39 is 9.84 Å². The van der Waals surface area contributed by atoms with Gasteiger partial charge >= 0.3 is 0 Å². The van der Waals surface area contributed by atoms with Crippen LogP contribution in [0.4, 0.5) is 0 Å². The zero-order valence-electron chi connectivity index (χ0n) is 12.4. The van der Waals surface area contributed by atoms with Crippen LogP contribution < -0.4 is 5.32 Å². The SMILES string of the molecule is CCNC(CCCS(=O)(=O)CC)C1CC2CCC1C2. The van der Waals surface area contributed by atoms with Gasteiger partial charge in [-0.2, -0.15) is 0 Å². The quantitative estimate of drug-likeness (QED) is 0.746. The molecule has 0 heterocycles. The van der Waals surface area contributed by atoms with Crippen LogP contribution in [0.3, 0.4) is 0 Å². The van der Waals surface area contributed by atoms with Crippen LogP contribution >= 0.6 is 0 Å². The average molecular weight is 287 g/mol. The van der Waals surface area contributed by atoms with E-state index in [1.54, 1.807) is 6.92 Å². The van der Waals surface area contributed by atoms with Crippen LogP contribution in [0, 0.1) is 17.8 Å². The molecular weight excluding hydrogens is 258 g/mol. The smallest absolute Gasteiger partial charge is 0.150 e. The summed E-state index contributed by atoms with van der Waals surface area (Å²) in [6, 6.07) is 0.548. The Balaban J connectivity index is 1.83. The fraction of sp³-hybridized carbons (Fsp3) is 1.00. The van der Waals surface area contributed by atoms with Crippen molar-refractivity contribution in [1.29, 1.82) is 0 Å². The molecule has 0 aromatic rings. The summed E-state index contributed by atoms with van der Waals surface area (Å²) >= 11 is 0. The monoisotopic (exact) mass is 287 g/mol. The van der Waals surface area contributed by atoms with Gasteiger partial charge in [0.2, 0.25) is 0 Å². The lowest BCUT2D eigenvalue weighted by atomic mass is 9.81. The van der Waals surface area contributed by atoms with E-state index >= 15 is 0 Å². The highest BCUT2D eigenvalue weighted by molar-refractivity contribution is 7.91. The summed E-state index contributed by atoms with van der Waals surface area (Å²) in [6.07, 6.45) is 7.50. The van der Waals surface area contributed by atoms with E-state index in [0.717, 1.165) is 37.1 Å². The van der Waals surface area contributed by atoms with Crippen LogP contribution in [-0.4, -0.2) is 32.5 Å². The lowest BCUT2D eigenvalue weighted by Gasteiger charge is -2.31. The molecule has 3 nitrogen and oxygen atoms in total. The van der Waals surface area contributed by atoms with Crippen LogP contribution in [0.2, 0.25) is 0 Å². The second-order valence-corrected chi connectivity index (χ2v) is 8.85. The zero-order chi connectivity index (χ0) is 13.9. The van der Waals surface area contributed by atoms with Crippen molar-refractivity contribution in [2.24, 2.45) is 17.8 Å². The second-order valence-electron chi connectivity index (χ2n) is 6.38. The van der Waals surface area contributed by atoms with Gasteiger partial charge in [0, 0.05) is 11.8 Å². The molecule has 2 saturated carbocycles. The molecule has 2 aliphatic rings. The standard InChI is InChI=1S/C15H29NO2S/c1-3-16-15(6-5-9-19(17,18)4-2)14-11-12-7-8-13(14)10-12/h12-16H,3-11H2,1-2H3. The molecule has 4 unspecified atom stereocenters. The van der Waals surface area contributed by atoms with Crippen LogP contribution in [0.25, 0.3) is 0 Å². The normalized spacial score (nSPS) is 31.8. The van der Waals surface area contributed by atoms with Crippen molar-refractivity contribution in [3.05, 3.63) is 0 Å². The lowest BCUT2D eigenvalue weighted by molar-refractivity contribution is 0.240. The molecule has 4 atom stereocenters. The van der Waals surface area contributed by atoms with E-state index in [4.69, 9.17) is 0 Å². The summed E-state index contributed by atoms with van der Waals surface area (Å²) in [5.41, 5.74) is 0. The van der Waals surface area contributed by atoms with Crippen LogP contribution in [-0.2, 0) is 9.84 Å². The first-order valence-corrected chi connectivity index (χ1v) is 9.81. The van der Waals surface area contributed by atoms with Crippen molar-refractivity contribution < 1.29 is 8.42 Å². The number of nitrogens with one attached hydrogen (secondary N) is 1. The van der Waals surface area contributed by atoms with Crippen molar-refractivity contribution in [3.63, 3.8) is 0 Å². The maximum Gasteiger partial charge on any atom is 0.150 e. The minimum absolute atomic E-state index is 0.285. The van der Waals surface area contributed by atoms with Gasteiger partial charge in [0.05, 0.1) is 5.75 Å². The number of hydrogen-bond donors (Lipinski definition) is 1. The third kappa shape index (κ3) is 3.94. The Morgan fingerprint density at radius 1 is 1.21 bits per heavy atom. The summed E-state index contributed by atoms with van der Waals surface area (Å²) in [7, 11) is -2.79. The molecule has 0 aliphatic heterocycles. The van der Waals surface area contributed by atoms with Gasteiger partial charge in [-0.15, -0.1) is 0 Å². The Labute approximate surface area is 118 Å². The highest BCUT2D eigenvalue weighted by Gasteiger charge is 2.42. The van der Waals surface area contributed by atoms with Gasteiger partial charge < -0.3 is 5.32 Å². The van der Waals surface area contributed by atoms with E-state index in [0.29, 0.717) is 11.8 Å². The van der Waals surface area contributed by atoms with Gasteiger partial charge in [-0.25, -0.2) is 8.42 Å². The summed E-state index contributed by atoms with van der Waals surface area (Å²) in [5.74, 6) is 3.34. The predicted molar refractivity (Wildman–Crippen MR) is 80.0 cm³/mol. The molecule has 1 N–H and O–H groups in total. The third-order valence-corrected chi connectivity index (χ3v) is 6.98. The minimum Gasteiger partial charge on any atom is -0.314 e. The summed E-state index contributed by atoms with van der Waals surface area (Å²) in [4.78, 5) is 0. The lowest BCUT2D eigenvalue weighted by Crippen LogP contribution is -2.39. The molecule has 19 heavy (non-hydrogen) atoms. The average Bonchev–Trinajstić information content (AvgIpc) is 3.00. The Kier molecular flexibility index (Phi) is 5.29. The first-order valence-electron chi connectivity index (χ1n) is 7.99. The molecule has 112 valence electrons. The van der Waals surface area contributed by atoms with Crippen LogP contribution in [0.15, 0.2) is 0 Å². The number of fused-ring (bicyclic) bond motifs is 2. The van der Waals surface area contributed by atoms with E-state index in [1.165, 1.54) is 25.7 Å². The fourth-order valence-electron chi connectivity index (χ4n) is 4.18. The molecule has 0 saturated heterocycles. The van der Waals surface area contributed by atoms with Gasteiger partial charge in [0.1, 0.15) is 9.84 Å². The van der Waals surface area contributed by atoms with E-state index in [-0.39, 0.29) is 5.75 Å². The number of sulfone groups is 1. The topological polar surface area (TPSA) is 46.2 Å². The number of rotatable bonds is 8. The molecule has 0 spiro atoms. The Morgan fingerprint density at radius 3 is 2.53 bits per heavy atom. The zero-order valence-corrected chi connectivity index (χ0v) is 13.2. The second kappa shape index (κ2) is 6.57. The van der Waals surface area contributed by atoms with Gasteiger partial charge in [-0.1, -0.05) is 20.3 Å². The van der Waals surface area contributed by atoms with Crippen LogP contribution in [0.1, 0.15) is 52.4 Å². The first-order chi connectivity index (χ1) is 9.05. The largest absolute Gasteiger partial charge is 0.314 e. The Bertz CT molecular complexity index is 380. The molecule has 2 aliphatic carbocycles. The highest BCUT2D eigenvalue weighted by atomic mass is 32.2. The van der Waals surface area contributed by atoms with Crippen molar-refractivity contribution >= 4 is 9.84 Å². The van der Waals surface area contributed by atoms with Crippen molar-refractivity contribution in [2.75, 3.05) is 18.1 Å². The maximum atomic E-state index is 11.6. The molecule has 4 heteroatoms. The van der Waals surface area contributed by atoms with E-state index in [9.17, 15) is 8.42 Å². The highest BCUT2D eigenvalue weighted by Crippen LogP contribution is 2.50. The first kappa shape index (κ1) is 15.3. The summed E-state index contributed by atoms with van der Waals surface area (Å²) in [6.45, 7) is 4.90. The fourth-order valence-corrected chi connectivity index (χ4v) is 5.08. The van der Waals surface area contributed by atoms with Crippen LogP contribution in [0.5, 0.6) is 0 Å². The van der Waals surface area contributed by atoms with Crippen molar-refractivity contribution in [1.82, 2.24) is 5.32 Å². The van der Waals surface area contributed by atoms with Gasteiger partial charge in [0.25, 0.3) is 0 Å². The molecule has 0 aromatic heterocycles. The van der Waals surface area contributed by atoms with Gasteiger partial charge in [-0.05, 0) is 56.4 Å². The molecule has 0 aromatic carbocycles. The Hall–Kier alpha value is -0.0900. The summed E-state index contributed by atoms with van der Waals surface area (Å²) < 4.78 is 23.1. The minimum atomic E-state index is -2.79. The van der Waals surface area contributed by atoms with Crippen molar-refractivity contribution in [2.45, 2.75) is 58.4 Å². The molecule has 2 bridgehead atoms. The molecular formula is C15H29NO2S.